The molecule has 15 rings (SSSR count). The van der Waals surface area contributed by atoms with Crippen molar-refractivity contribution < 1.29 is 133 Å². The number of fused-ring (bicyclic) bond motifs is 14. The second kappa shape index (κ2) is 45.5. The first kappa shape index (κ1) is 99.0. The van der Waals surface area contributed by atoms with E-state index in [9.17, 15) is 70.9 Å². The fourth-order valence-corrected chi connectivity index (χ4v) is 17.1. The van der Waals surface area contributed by atoms with Gasteiger partial charge in [0.1, 0.15) is 137 Å². The number of amides is 8. The molecule has 0 saturated carbocycles. The van der Waals surface area contributed by atoms with E-state index in [-0.39, 0.29) is 59.9 Å². The summed E-state index contributed by atoms with van der Waals surface area (Å²) in [6.07, 6.45) is -10.1. The summed E-state index contributed by atoms with van der Waals surface area (Å²) in [5.41, 5.74) is 3.17. The van der Waals surface area contributed by atoms with Crippen LogP contribution in [-0.2, 0) is 54.3 Å². The molecular weight excluding hydrogens is 1780 g/mol. The Morgan fingerprint density at radius 2 is 1.11 bits per heavy atom. The number of hydrogen-bond acceptors (Lipinski definition) is 31. The maximum atomic E-state index is 16.9. The van der Waals surface area contributed by atoms with E-state index < -0.39 is 260 Å². The van der Waals surface area contributed by atoms with Gasteiger partial charge in [-0.25, -0.2) is 0 Å². The smallest absolute Gasteiger partial charge is 0.248 e. The van der Waals surface area contributed by atoms with Gasteiger partial charge in [-0.2, -0.15) is 0 Å². The van der Waals surface area contributed by atoms with Gasteiger partial charge in [0.05, 0.1) is 23.3 Å². The van der Waals surface area contributed by atoms with Crippen LogP contribution in [0.1, 0.15) is 166 Å². The Bertz CT molecular complexity index is 5340. The number of aliphatic hydroxyl groups excluding tert-OH is 8. The van der Waals surface area contributed by atoms with Crippen LogP contribution in [0.15, 0.2) is 115 Å². The minimum Gasteiger partial charge on any atom is -0.508 e. The number of ether oxygens (including phenoxy) is 7. The number of benzene rings is 7. The third kappa shape index (κ3) is 23.7. The molecule has 8 heterocycles. The molecule has 2 fully saturated rings. The lowest BCUT2D eigenvalue weighted by atomic mass is 9.89. The number of carbonyl (C=O) groups is 8. The van der Waals surface area contributed by atoms with E-state index >= 15 is 28.8 Å². The zero-order valence-corrected chi connectivity index (χ0v) is 74.3. The summed E-state index contributed by atoms with van der Waals surface area (Å²) in [6, 6.07) is 6.57. The second-order valence-corrected chi connectivity index (χ2v) is 34.2. The van der Waals surface area contributed by atoms with Gasteiger partial charge in [0.2, 0.25) is 65.6 Å². The van der Waals surface area contributed by atoms with E-state index in [0.717, 1.165) is 125 Å². The standard InChI is InChI=1S/C92H112Cl2N12O27/c1-3-4-5-6-7-8-9-10-11-15-67(113)101-76-80(117)78(115)65(42-107)131-91(76)133-83-63-36-48-37-64(83)129-60-25-20-47(34-55(60)93)77(114)75-90(126)105-73(85(121)99-31-14-30-98-29-13-28-97-27-12-26-95)53-38-49(109)39-62(130-92-82(119)81(118)79(116)66(43-108)132-92)68(53)52-33-45(18-23-57(52)110)71(87(123)106-75)102-88(124)72(48)103-89(125)74-54-40-51(41-59(112)69(54)94)128-61-35-46(19-24-58(61)111)70(96-2)86(122)100-56(84(120)104-74)32-44-16-21-50(127-63)22-17-44/h16-25,33-41,56,65-66,70-82,91-92,96-98,107-112,114-119H,3-15,26-32,42-43,95H2,1-2H3,(H,99,121)(H,100,122)(H,101,113)(H,102,124)(H,103,125)(H,104,120)(H,105,126)(H,106,123)/t56-,65-,66-,70+,71-,72-,73+,74+,75+,76-,77-,78-,79-,80-,81+,82+,91+,92+/m1/s1. The molecule has 39 nitrogen and oxygen atoms in total. The maximum Gasteiger partial charge on any atom is 0.248 e. The normalized spacial score (nSPS) is 25.3. The van der Waals surface area contributed by atoms with Crippen molar-refractivity contribution in [3.63, 3.8) is 0 Å². The molecule has 0 radical (unpaired) electrons. The largest absolute Gasteiger partial charge is 0.508 e. The second-order valence-electron chi connectivity index (χ2n) is 33.4. The molecule has 133 heavy (non-hydrogen) atoms. The van der Waals surface area contributed by atoms with Gasteiger partial charge in [-0.15, -0.1) is 0 Å². The molecule has 2 saturated heterocycles. The molecular formula is C92H112Cl2N12O27. The highest BCUT2D eigenvalue weighted by molar-refractivity contribution is 6.33. The maximum absolute atomic E-state index is 16.9. The predicted octanol–water partition coefficient (Wildman–Crippen LogP) is 3.58. The summed E-state index contributed by atoms with van der Waals surface area (Å²) >= 11 is 14.4. The number of halogens is 2. The number of carbonyl (C=O) groups excluding carboxylic acids is 8. The zero-order valence-electron chi connectivity index (χ0n) is 72.7. The van der Waals surface area contributed by atoms with Crippen LogP contribution < -0.4 is 87.9 Å². The highest BCUT2D eigenvalue weighted by Gasteiger charge is 2.50. The lowest BCUT2D eigenvalue weighted by molar-refractivity contribution is -0.277. The molecule has 0 aromatic heterocycles. The van der Waals surface area contributed by atoms with Crippen LogP contribution in [0, 0.1) is 0 Å². The Balaban J connectivity index is 1.01. The van der Waals surface area contributed by atoms with Gasteiger partial charge in [-0.3, -0.25) is 38.4 Å². The highest BCUT2D eigenvalue weighted by Crippen LogP contribution is 2.51. The van der Waals surface area contributed by atoms with E-state index in [1.165, 1.54) is 61.6 Å². The Kier molecular flexibility index (Phi) is 33.9. The minimum absolute atomic E-state index is 0.0751. The topological polar surface area (TPSA) is 602 Å². The average Bonchev–Trinajstić information content (AvgIpc) is 0.752. The molecule has 716 valence electrons. The van der Waals surface area contributed by atoms with Gasteiger partial charge in [0.15, 0.2) is 23.0 Å². The highest BCUT2D eigenvalue weighted by atomic mass is 35.5. The molecule has 18 atom stereocenters. The number of nitrogens with two attached hydrogens (primary N) is 1. The van der Waals surface area contributed by atoms with E-state index in [4.69, 9.17) is 62.1 Å². The fraction of sp³-hybridized carbons (Fsp3) is 0.457. The molecule has 8 aliphatic heterocycles. The van der Waals surface area contributed by atoms with Crippen molar-refractivity contribution in [2.24, 2.45) is 5.73 Å². The first-order valence-electron chi connectivity index (χ1n) is 44.3. The predicted molar refractivity (Wildman–Crippen MR) is 477 cm³/mol. The zero-order chi connectivity index (χ0) is 95.0. The number of likely N-dealkylation sites (N-methyl/N-ethyl adjacent to an activating group) is 1. The number of phenolic OH excluding ortho intramolecular Hbond substituents is 4. The quantitative estimate of drug-likeness (QED) is 0.0286. The number of hydrogen-bond donors (Lipinski definition) is 24. The van der Waals surface area contributed by atoms with Gasteiger partial charge in [0, 0.05) is 48.2 Å². The monoisotopic (exact) mass is 1890 g/mol. The fourth-order valence-electron chi connectivity index (χ4n) is 16.6. The molecule has 7 aromatic carbocycles. The molecule has 25 N–H and O–H groups in total. The third-order valence-corrected chi connectivity index (χ3v) is 24.6. The van der Waals surface area contributed by atoms with Gasteiger partial charge in [-0.05, 0) is 172 Å². The van der Waals surface area contributed by atoms with Crippen molar-refractivity contribution in [1.29, 1.82) is 0 Å². The third-order valence-electron chi connectivity index (χ3n) is 23.9. The molecule has 0 unspecified atom stereocenters. The number of rotatable bonds is 30. The molecule has 0 spiro atoms. The van der Waals surface area contributed by atoms with Crippen molar-refractivity contribution in [3.8, 4) is 80.1 Å². The molecule has 8 amide bonds. The number of aromatic hydroxyl groups is 4. The van der Waals surface area contributed by atoms with Crippen molar-refractivity contribution >= 4 is 70.5 Å². The Morgan fingerprint density at radius 1 is 0.504 bits per heavy atom. The van der Waals surface area contributed by atoms with Crippen LogP contribution in [0.2, 0.25) is 10.0 Å². The summed E-state index contributed by atoms with van der Waals surface area (Å²) < 4.78 is 45.1. The van der Waals surface area contributed by atoms with Crippen LogP contribution in [0.4, 0.5) is 0 Å². The average molecular weight is 1890 g/mol. The Hall–Kier alpha value is -11.5. The Morgan fingerprint density at radius 3 is 1.79 bits per heavy atom. The van der Waals surface area contributed by atoms with Gasteiger partial charge in [-0.1, -0.05) is 112 Å². The van der Waals surface area contributed by atoms with E-state index in [2.05, 4.69) is 65.4 Å². The number of unbranched alkanes of at least 4 members (excludes halogenated alkanes) is 8. The summed E-state index contributed by atoms with van der Waals surface area (Å²) in [6.45, 7) is 2.96. The summed E-state index contributed by atoms with van der Waals surface area (Å²) in [5, 5.41) is 169. The molecule has 17 bridgehead atoms. The lowest BCUT2D eigenvalue weighted by Crippen LogP contribution is -2.65. The van der Waals surface area contributed by atoms with Crippen LogP contribution >= 0.6 is 23.2 Å². The van der Waals surface area contributed by atoms with Crippen LogP contribution in [0.3, 0.4) is 0 Å². The first-order valence-corrected chi connectivity index (χ1v) is 45.0. The van der Waals surface area contributed by atoms with Crippen LogP contribution in [-0.4, -0.2) is 241 Å². The molecule has 0 aliphatic carbocycles. The summed E-state index contributed by atoms with van der Waals surface area (Å²) in [5.74, 6) is -15.5. The Labute approximate surface area is 774 Å². The SMILES string of the molecule is CCCCCCCCCCCC(=O)N[C@H]1[C@H](Oc2c3cc4cc2Oc2ccc(cc2Cl)[C@@H](O)[C@@H]2NC(=O)[C@H](NC(=O)[C@@H]4NC(=O)[C@H]4NC(=O)[C@@H](Cc5ccc(cc5)O3)NC(=O)[C@@H](NC)c3ccc(O)c(c3)Oc3cc(O)c(Cl)c4c3)c3ccc(O)c(c3)-c3c(O[C@H]4O[C@H](CO)[C@@H](O)[C@H](O)[C@@H]4O)cc(O)cc3[C@@H](C(=O)NCCCNCCCNCCCN)NC2=O)O[C@H](CO)[C@@H](O)[C@@H]1O. The van der Waals surface area contributed by atoms with Crippen molar-refractivity contribution in [1.82, 2.24) is 58.5 Å². The van der Waals surface area contributed by atoms with Crippen LogP contribution in [0.25, 0.3) is 11.1 Å². The minimum atomic E-state index is -2.41. The van der Waals surface area contributed by atoms with Crippen molar-refractivity contribution in [2.45, 2.75) is 207 Å². The van der Waals surface area contributed by atoms with Gasteiger partial charge in [0.25, 0.3) is 0 Å². The molecule has 8 aliphatic rings. The molecule has 7 aromatic rings. The number of phenols is 4. The first-order chi connectivity index (χ1) is 64.0. The van der Waals surface area contributed by atoms with Crippen molar-refractivity contribution in [3.05, 3.63) is 164 Å². The van der Waals surface area contributed by atoms with E-state index in [1.54, 1.807) is 0 Å². The van der Waals surface area contributed by atoms with Crippen molar-refractivity contribution in [2.75, 3.05) is 59.5 Å². The van der Waals surface area contributed by atoms with Gasteiger partial charge >= 0.3 is 0 Å². The van der Waals surface area contributed by atoms with Gasteiger partial charge < -0.3 is 159 Å². The van der Waals surface area contributed by atoms with Crippen LogP contribution in [0.5, 0.6) is 69.0 Å². The summed E-state index contributed by atoms with van der Waals surface area (Å²) in [7, 11) is 1.44. The number of aliphatic hydroxyl groups is 8. The lowest BCUT2D eigenvalue weighted by Gasteiger charge is -2.42. The van der Waals surface area contributed by atoms with E-state index in [1.807, 2.05) is 0 Å². The van der Waals surface area contributed by atoms with E-state index in [0.29, 0.717) is 44.6 Å². The summed E-state index contributed by atoms with van der Waals surface area (Å²) in [4.78, 5) is 126. The molecule has 41 heteroatoms. The number of nitrogens with one attached hydrogen (secondary N) is 11.